The van der Waals surface area contributed by atoms with E-state index in [9.17, 15) is 9.90 Å². The number of methoxy groups -OCH3 is 1. The molecule has 1 aliphatic rings. The summed E-state index contributed by atoms with van der Waals surface area (Å²) in [5.41, 5.74) is 0. The van der Waals surface area contributed by atoms with Gasteiger partial charge in [-0.3, -0.25) is 4.79 Å². The first-order chi connectivity index (χ1) is 7.51. The van der Waals surface area contributed by atoms with Gasteiger partial charge in [0.1, 0.15) is 6.04 Å². The smallest absolute Gasteiger partial charge is 0.217 e. The summed E-state index contributed by atoms with van der Waals surface area (Å²) < 4.78 is 10.5. The van der Waals surface area contributed by atoms with E-state index >= 15 is 0 Å². The van der Waals surface area contributed by atoms with Crippen LogP contribution in [0.4, 0.5) is 0 Å². The van der Waals surface area contributed by atoms with E-state index < -0.39 is 24.5 Å². The number of carbonyl (C=O) groups excluding carboxylic acids is 1. The van der Waals surface area contributed by atoms with E-state index in [2.05, 4.69) is 5.32 Å². The van der Waals surface area contributed by atoms with Crippen LogP contribution in [0.3, 0.4) is 0 Å². The molecule has 0 aromatic rings. The van der Waals surface area contributed by atoms with Crippen LogP contribution >= 0.6 is 0 Å². The highest BCUT2D eigenvalue weighted by molar-refractivity contribution is 5.73. The second-order valence-electron chi connectivity index (χ2n) is 4.04. The molecule has 5 atom stereocenters. The van der Waals surface area contributed by atoms with E-state index in [0.29, 0.717) is 0 Å². The summed E-state index contributed by atoms with van der Waals surface area (Å²) >= 11 is 0. The van der Waals surface area contributed by atoms with Crippen LogP contribution in [0, 0.1) is 5.92 Å². The first kappa shape index (κ1) is 13.4. The van der Waals surface area contributed by atoms with E-state index in [1.807, 2.05) is 0 Å². The summed E-state index contributed by atoms with van der Waals surface area (Å²) in [6, 6.07) is -0.611. The lowest BCUT2D eigenvalue weighted by Crippen LogP contribution is -2.61. The lowest BCUT2D eigenvalue weighted by molar-refractivity contribution is -0.245. The van der Waals surface area contributed by atoms with Crippen molar-refractivity contribution in [1.29, 1.82) is 0 Å². The van der Waals surface area contributed by atoms with Crippen LogP contribution in [0.5, 0.6) is 0 Å². The average molecular weight is 233 g/mol. The molecule has 1 saturated heterocycles. The Hall–Kier alpha value is -0.690. The van der Waals surface area contributed by atoms with Crippen molar-refractivity contribution in [1.82, 2.24) is 5.32 Å². The molecule has 1 fully saturated rings. The van der Waals surface area contributed by atoms with Gasteiger partial charge in [0.25, 0.3) is 0 Å². The molecule has 16 heavy (non-hydrogen) atoms. The molecule has 6 heteroatoms. The molecule has 1 heterocycles. The van der Waals surface area contributed by atoms with E-state index in [0.717, 1.165) is 0 Å². The van der Waals surface area contributed by atoms with Crippen LogP contribution in [0.15, 0.2) is 0 Å². The molecule has 3 N–H and O–H groups in total. The van der Waals surface area contributed by atoms with Gasteiger partial charge in [0.2, 0.25) is 5.91 Å². The Morgan fingerprint density at radius 2 is 2.19 bits per heavy atom. The molecule has 0 spiro atoms. The quantitative estimate of drug-likeness (QED) is 0.573. The van der Waals surface area contributed by atoms with Crippen molar-refractivity contribution in [3.05, 3.63) is 0 Å². The number of carbonyl (C=O) groups is 1. The third-order valence-electron chi connectivity index (χ3n) is 2.88. The highest BCUT2D eigenvalue weighted by atomic mass is 16.7. The molecule has 0 aliphatic carbocycles. The zero-order valence-electron chi connectivity index (χ0n) is 9.71. The van der Waals surface area contributed by atoms with Gasteiger partial charge in [-0.2, -0.15) is 0 Å². The van der Waals surface area contributed by atoms with E-state index in [1.54, 1.807) is 6.92 Å². The normalized spacial score (nSPS) is 39.4. The molecule has 0 bridgehead atoms. The first-order valence-corrected chi connectivity index (χ1v) is 5.25. The molecular formula is C10H19NO5. The number of ether oxygens (including phenoxy) is 2. The van der Waals surface area contributed by atoms with Gasteiger partial charge < -0.3 is 25.0 Å². The molecule has 0 aromatic carbocycles. The van der Waals surface area contributed by atoms with Gasteiger partial charge in [-0.15, -0.1) is 0 Å². The fourth-order valence-corrected chi connectivity index (χ4v) is 1.89. The molecule has 6 nitrogen and oxygen atoms in total. The predicted molar refractivity (Wildman–Crippen MR) is 55.5 cm³/mol. The van der Waals surface area contributed by atoms with Gasteiger partial charge in [0.05, 0.1) is 18.8 Å². The van der Waals surface area contributed by atoms with Crippen LogP contribution < -0.4 is 5.32 Å². The van der Waals surface area contributed by atoms with Gasteiger partial charge in [-0.05, 0) is 0 Å². The van der Waals surface area contributed by atoms with Crippen LogP contribution in [0.25, 0.3) is 0 Å². The summed E-state index contributed by atoms with van der Waals surface area (Å²) in [5, 5.41) is 21.7. The van der Waals surface area contributed by atoms with Crippen molar-refractivity contribution in [3.63, 3.8) is 0 Å². The van der Waals surface area contributed by atoms with Crippen molar-refractivity contribution < 1.29 is 24.5 Å². The monoisotopic (exact) mass is 233 g/mol. The van der Waals surface area contributed by atoms with Crippen molar-refractivity contribution in [2.75, 3.05) is 13.7 Å². The molecule has 2 unspecified atom stereocenters. The van der Waals surface area contributed by atoms with Crippen molar-refractivity contribution in [2.24, 2.45) is 5.92 Å². The van der Waals surface area contributed by atoms with Crippen LogP contribution in [0.1, 0.15) is 13.8 Å². The zero-order valence-corrected chi connectivity index (χ0v) is 9.71. The Kier molecular flexibility index (Phi) is 4.67. The van der Waals surface area contributed by atoms with E-state index in [1.165, 1.54) is 14.0 Å². The molecule has 0 radical (unpaired) electrons. The highest BCUT2D eigenvalue weighted by Crippen LogP contribution is 2.26. The topological polar surface area (TPSA) is 88.0 Å². The first-order valence-electron chi connectivity index (χ1n) is 5.25. The SMILES string of the molecule is CO[C@@H]1OC(CO)[C@H](C)[C@@H](O)C1NC(C)=O. The van der Waals surface area contributed by atoms with Crippen molar-refractivity contribution >= 4 is 5.91 Å². The third-order valence-corrected chi connectivity index (χ3v) is 2.88. The summed E-state index contributed by atoms with van der Waals surface area (Å²) in [5.74, 6) is -0.530. The lowest BCUT2D eigenvalue weighted by atomic mass is 9.89. The number of aliphatic hydroxyl groups is 2. The Bertz CT molecular complexity index is 245. The fourth-order valence-electron chi connectivity index (χ4n) is 1.89. The Morgan fingerprint density at radius 3 is 2.62 bits per heavy atom. The number of aliphatic hydroxyl groups excluding tert-OH is 2. The number of hydrogen-bond acceptors (Lipinski definition) is 5. The molecule has 1 rings (SSSR count). The average Bonchev–Trinajstić information content (AvgIpc) is 2.25. The Labute approximate surface area is 94.5 Å². The van der Waals surface area contributed by atoms with Gasteiger partial charge in [0.15, 0.2) is 6.29 Å². The van der Waals surface area contributed by atoms with Gasteiger partial charge in [-0.25, -0.2) is 0 Å². The molecular weight excluding hydrogens is 214 g/mol. The van der Waals surface area contributed by atoms with E-state index in [-0.39, 0.29) is 18.4 Å². The zero-order chi connectivity index (χ0) is 12.3. The molecule has 1 aliphatic heterocycles. The Morgan fingerprint density at radius 1 is 1.56 bits per heavy atom. The maximum Gasteiger partial charge on any atom is 0.217 e. The summed E-state index contributed by atoms with van der Waals surface area (Å²) in [6.45, 7) is 2.93. The third kappa shape index (κ3) is 2.70. The standard InChI is InChI=1S/C10H19NO5/c1-5-7(4-12)16-10(15-3)8(9(5)14)11-6(2)13/h5,7-10,12,14H,4H2,1-3H3,(H,11,13)/t5-,7?,8?,9+,10+/m0/s1. The molecule has 0 saturated carbocycles. The predicted octanol–water partition coefficient (Wildman–Crippen LogP) is -1.15. The maximum absolute atomic E-state index is 11.0. The van der Waals surface area contributed by atoms with Crippen molar-refractivity contribution in [3.8, 4) is 0 Å². The lowest BCUT2D eigenvalue weighted by Gasteiger charge is -2.42. The summed E-state index contributed by atoms with van der Waals surface area (Å²) in [6.07, 6.45) is -2.03. The fraction of sp³-hybridized carbons (Fsp3) is 0.900. The Balaban J connectivity index is 2.77. The molecule has 0 aromatic heterocycles. The largest absolute Gasteiger partial charge is 0.394 e. The summed E-state index contributed by atoms with van der Waals surface area (Å²) in [4.78, 5) is 11.0. The molecule has 1 amide bonds. The number of rotatable bonds is 3. The minimum atomic E-state index is -0.806. The van der Waals surface area contributed by atoms with Gasteiger partial charge in [0, 0.05) is 20.0 Å². The van der Waals surface area contributed by atoms with E-state index in [4.69, 9.17) is 14.6 Å². The minimum Gasteiger partial charge on any atom is -0.394 e. The van der Waals surface area contributed by atoms with Gasteiger partial charge in [-0.1, -0.05) is 6.92 Å². The number of nitrogens with one attached hydrogen (secondary N) is 1. The second kappa shape index (κ2) is 5.58. The maximum atomic E-state index is 11.0. The summed E-state index contributed by atoms with van der Waals surface area (Å²) in [7, 11) is 1.43. The van der Waals surface area contributed by atoms with Crippen LogP contribution in [-0.4, -0.2) is 54.4 Å². The van der Waals surface area contributed by atoms with Crippen LogP contribution in [0.2, 0.25) is 0 Å². The highest BCUT2D eigenvalue weighted by Gasteiger charge is 2.43. The second-order valence-corrected chi connectivity index (χ2v) is 4.04. The van der Waals surface area contributed by atoms with Crippen LogP contribution in [-0.2, 0) is 14.3 Å². The van der Waals surface area contributed by atoms with Gasteiger partial charge >= 0.3 is 0 Å². The number of hydrogen-bond donors (Lipinski definition) is 3. The van der Waals surface area contributed by atoms with Crippen molar-refractivity contribution in [2.45, 2.75) is 38.4 Å². The molecule has 94 valence electrons. The minimum absolute atomic E-state index is 0.190. The number of amides is 1.